The van der Waals surface area contributed by atoms with Gasteiger partial charge in [0.1, 0.15) is 11.3 Å². The van der Waals surface area contributed by atoms with Gasteiger partial charge in [-0.25, -0.2) is 4.79 Å². The van der Waals surface area contributed by atoms with E-state index in [0.717, 1.165) is 10.0 Å². The number of amides is 1. The van der Waals surface area contributed by atoms with Gasteiger partial charge in [-0.3, -0.25) is 4.79 Å². The predicted molar refractivity (Wildman–Crippen MR) is 76.7 cm³/mol. The van der Waals surface area contributed by atoms with Gasteiger partial charge in [-0.05, 0) is 60.3 Å². The molecule has 20 heavy (non-hydrogen) atoms. The van der Waals surface area contributed by atoms with Gasteiger partial charge in [-0.1, -0.05) is 6.07 Å². The Morgan fingerprint density at radius 1 is 1.45 bits per heavy atom. The highest BCUT2D eigenvalue weighted by atomic mass is 79.9. The van der Waals surface area contributed by atoms with E-state index < -0.39 is 23.5 Å². The fourth-order valence-electron chi connectivity index (χ4n) is 1.80. The van der Waals surface area contributed by atoms with Gasteiger partial charge in [-0.15, -0.1) is 0 Å². The summed E-state index contributed by atoms with van der Waals surface area (Å²) in [6, 6.07) is 5.54. The lowest BCUT2D eigenvalue weighted by atomic mass is 10.2. The molecule has 1 atom stereocenters. The first-order valence-corrected chi connectivity index (χ1v) is 7.11. The molecule has 0 spiro atoms. The number of carboxylic acid groups (broad SMARTS) is 1. The van der Waals surface area contributed by atoms with Crippen molar-refractivity contribution in [1.29, 1.82) is 0 Å². The Morgan fingerprint density at radius 2 is 2.10 bits per heavy atom. The quantitative estimate of drug-likeness (QED) is 0.861. The van der Waals surface area contributed by atoms with Crippen molar-refractivity contribution in [2.45, 2.75) is 38.3 Å². The third-order valence-electron chi connectivity index (χ3n) is 3.28. The van der Waals surface area contributed by atoms with Crippen LogP contribution in [0, 0.1) is 6.92 Å². The fourth-order valence-corrected chi connectivity index (χ4v) is 2.39. The van der Waals surface area contributed by atoms with Crippen LogP contribution in [0.4, 0.5) is 0 Å². The van der Waals surface area contributed by atoms with Crippen LogP contribution in [0.5, 0.6) is 5.75 Å². The lowest BCUT2D eigenvalue weighted by Crippen LogP contribution is -2.48. The zero-order valence-electron chi connectivity index (χ0n) is 11.3. The van der Waals surface area contributed by atoms with Gasteiger partial charge in [0.05, 0.1) is 4.47 Å². The van der Waals surface area contributed by atoms with E-state index in [0.29, 0.717) is 18.6 Å². The van der Waals surface area contributed by atoms with Crippen molar-refractivity contribution >= 4 is 27.8 Å². The molecule has 0 aliphatic heterocycles. The summed E-state index contributed by atoms with van der Waals surface area (Å²) in [4.78, 5) is 23.0. The van der Waals surface area contributed by atoms with Crippen LogP contribution in [0.25, 0.3) is 0 Å². The summed E-state index contributed by atoms with van der Waals surface area (Å²) in [6.07, 6.45) is 0.176. The number of carboxylic acids is 1. The highest BCUT2D eigenvalue weighted by Crippen LogP contribution is 2.35. The minimum absolute atomic E-state index is 0.419. The molecule has 1 aromatic rings. The first kappa shape index (κ1) is 14.8. The smallest absolute Gasteiger partial charge is 0.329 e. The van der Waals surface area contributed by atoms with Gasteiger partial charge < -0.3 is 15.2 Å². The minimum Gasteiger partial charge on any atom is -0.480 e. The predicted octanol–water partition coefficient (Wildman–Crippen LogP) is 2.26. The number of aliphatic carboxylic acids is 1. The van der Waals surface area contributed by atoms with E-state index in [-0.39, 0.29) is 0 Å². The topological polar surface area (TPSA) is 75.6 Å². The van der Waals surface area contributed by atoms with Crippen LogP contribution in [0.15, 0.2) is 22.7 Å². The third kappa shape index (κ3) is 3.12. The van der Waals surface area contributed by atoms with E-state index in [1.54, 1.807) is 13.0 Å². The summed E-state index contributed by atoms with van der Waals surface area (Å²) in [7, 11) is 0. The molecule has 1 aromatic carbocycles. The Labute approximate surface area is 125 Å². The molecule has 0 aromatic heterocycles. The molecule has 5 nitrogen and oxygen atoms in total. The molecule has 1 fully saturated rings. The van der Waals surface area contributed by atoms with Crippen molar-refractivity contribution in [2.75, 3.05) is 0 Å². The number of nitrogens with one attached hydrogen (secondary N) is 1. The highest BCUT2D eigenvalue weighted by Gasteiger charge is 2.52. The second-order valence-electron chi connectivity index (χ2n) is 5.07. The van der Waals surface area contributed by atoms with E-state index >= 15 is 0 Å². The molecule has 0 bridgehead atoms. The maximum atomic E-state index is 12.0. The van der Waals surface area contributed by atoms with E-state index in [1.165, 1.54) is 0 Å². The average molecular weight is 342 g/mol. The molecule has 1 saturated carbocycles. The monoisotopic (exact) mass is 341 g/mol. The summed E-state index contributed by atoms with van der Waals surface area (Å²) in [5.74, 6) is -0.856. The number of hydrogen-bond donors (Lipinski definition) is 2. The van der Waals surface area contributed by atoms with Crippen molar-refractivity contribution in [3.63, 3.8) is 0 Å². The van der Waals surface area contributed by atoms with Crippen LogP contribution >= 0.6 is 15.9 Å². The van der Waals surface area contributed by atoms with Gasteiger partial charge in [0, 0.05) is 0 Å². The van der Waals surface area contributed by atoms with Crippen LogP contribution in [0.1, 0.15) is 25.3 Å². The Morgan fingerprint density at radius 3 is 2.60 bits per heavy atom. The van der Waals surface area contributed by atoms with Crippen molar-refractivity contribution in [2.24, 2.45) is 0 Å². The SMILES string of the molecule is Cc1ccc(OC(C)C(=O)NC2(C(=O)O)CC2)c(Br)c1. The second kappa shape index (κ2) is 5.44. The van der Waals surface area contributed by atoms with Crippen molar-refractivity contribution in [1.82, 2.24) is 5.32 Å². The van der Waals surface area contributed by atoms with Gasteiger partial charge in [0.15, 0.2) is 6.10 Å². The number of aryl methyl sites for hydroxylation is 1. The van der Waals surface area contributed by atoms with Crippen LogP contribution in [0.2, 0.25) is 0 Å². The maximum Gasteiger partial charge on any atom is 0.329 e. The van der Waals surface area contributed by atoms with Gasteiger partial charge >= 0.3 is 5.97 Å². The zero-order chi connectivity index (χ0) is 14.9. The van der Waals surface area contributed by atoms with Crippen LogP contribution in [0.3, 0.4) is 0 Å². The number of benzene rings is 1. The molecular formula is C14H16BrNO4. The second-order valence-corrected chi connectivity index (χ2v) is 5.92. The molecule has 2 rings (SSSR count). The standard InChI is InChI=1S/C14H16BrNO4/c1-8-3-4-11(10(15)7-8)20-9(2)12(17)16-14(5-6-14)13(18)19/h3-4,7,9H,5-6H2,1-2H3,(H,16,17)(H,18,19). The molecule has 0 saturated heterocycles. The molecule has 108 valence electrons. The Hall–Kier alpha value is -1.56. The summed E-state index contributed by atoms with van der Waals surface area (Å²) in [6.45, 7) is 3.55. The molecule has 6 heteroatoms. The fraction of sp³-hybridized carbons (Fsp3) is 0.429. The molecule has 1 unspecified atom stereocenters. The molecule has 1 aliphatic carbocycles. The van der Waals surface area contributed by atoms with E-state index in [2.05, 4.69) is 21.2 Å². The molecular weight excluding hydrogens is 326 g/mol. The molecule has 0 radical (unpaired) electrons. The van der Waals surface area contributed by atoms with Crippen LogP contribution < -0.4 is 10.1 Å². The minimum atomic E-state index is -1.08. The molecule has 1 aliphatic rings. The van der Waals surface area contributed by atoms with Crippen molar-refractivity contribution in [3.05, 3.63) is 28.2 Å². The Bertz CT molecular complexity index is 554. The summed E-state index contributed by atoms with van der Waals surface area (Å²) >= 11 is 3.37. The number of carbonyl (C=O) groups excluding carboxylic acids is 1. The zero-order valence-corrected chi connectivity index (χ0v) is 12.9. The first-order chi connectivity index (χ1) is 9.34. The number of rotatable bonds is 5. The number of halogens is 1. The summed E-state index contributed by atoms with van der Waals surface area (Å²) in [5, 5.41) is 11.6. The van der Waals surface area contributed by atoms with Gasteiger partial charge in [-0.2, -0.15) is 0 Å². The summed E-state index contributed by atoms with van der Waals surface area (Å²) < 4.78 is 6.32. The highest BCUT2D eigenvalue weighted by molar-refractivity contribution is 9.10. The lowest BCUT2D eigenvalue weighted by molar-refractivity contribution is -0.144. The van der Waals surface area contributed by atoms with Crippen LogP contribution in [-0.4, -0.2) is 28.6 Å². The van der Waals surface area contributed by atoms with Gasteiger partial charge in [0.2, 0.25) is 0 Å². The van der Waals surface area contributed by atoms with Gasteiger partial charge in [0.25, 0.3) is 5.91 Å². The Kier molecular flexibility index (Phi) is 4.04. The maximum absolute atomic E-state index is 12.0. The van der Waals surface area contributed by atoms with Crippen LogP contribution in [-0.2, 0) is 9.59 Å². The first-order valence-electron chi connectivity index (χ1n) is 6.32. The van der Waals surface area contributed by atoms with E-state index in [4.69, 9.17) is 9.84 Å². The number of carbonyl (C=O) groups is 2. The molecule has 1 amide bonds. The Balaban J connectivity index is 1.99. The van der Waals surface area contributed by atoms with Crippen molar-refractivity contribution in [3.8, 4) is 5.75 Å². The molecule has 2 N–H and O–H groups in total. The third-order valence-corrected chi connectivity index (χ3v) is 3.90. The van der Waals surface area contributed by atoms with E-state index in [1.807, 2.05) is 19.1 Å². The summed E-state index contributed by atoms with van der Waals surface area (Å²) in [5.41, 5.74) is -0.0108. The van der Waals surface area contributed by atoms with Crippen molar-refractivity contribution < 1.29 is 19.4 Å². The molecule has 0 heterocycles. The lowest BCUT2D eigenvalue weighted by Gasteiger charge is -2.19. The number of hydrogen-bond acceptors (Lipinski definition) is 3. The van der Waals surface area contributed by atoms with E-state index in [9.17, 15) is 9.59 Å². The normalized spacial score (nSPS) is 17.1. The number of ether oxygens (including phenoxy) is 1. The largest absolute Gasteiger partial charge is 0.480 e. The average Bonchev–Trinajstić information content (AvgIpc) is 3.13.